The monoisotopic (exact) mass is 252 g/mol. The van der Waals surface area contributed by atoms with E-state index in [-0.39, 0.29) is 22.8 Å². The zero-order valence-electron chi connectivity index (χ0n) is 11.5. The predicted octanol–water partition coefficient (Wildman–Crippen LogP) is 3.05. The largest absolute Gasteiger partial charge is 0.380 e. The molecule has 0 radical (unpaired) electrons. The van der Waals surface area contributed by atoms with Crippen molar-refractivity contribution in [2.24, 2.45) is 0 Å². The van der Waals surface area contributed by atoms with Gasteiger partial charge in [0.2, 0.25) is 0 Å². The molecule has 18 heavy (non-hydrogen) atoms. The summed E-state index contributed by atoms with van der Waals surface area (Å²) < 4.78 is 5.21. The number of nitrogens with zero attached hydrogens (tertiary/aromatic N) is 1. The van der Waals surface area contributed by atoms with E-state index in [2.05, 4.69) is 5.32 Å². The van der Waals surface area contributed by atoms with Crippen molar-refractivity contribution in [3.05, 3.63) is 33.4 Å². The summed E-state index contributed by atoms with van der Waals surface area (Å²) in [4.78, 5) is 10.7. The molecule has 5 heteroatoms. The smallest absolute Gasteiger partial charge is 0.292 e. The van der Waals surface area contributed by atoms with Crippen molar-refractivity contribution >= 4 is 11.4 Å². The highest BCUT2D eigenvalue weighted by Crippen LogP contribution is 2.28. The average Bonchev–Trinajstić information content (AvgIpc) is 2.31. The maximum Gasteiger partial charge on any atom is 0.292 e. The van der Waals surface area contributed by atoms with Crippen LogP contribution in [0.15, 0.2) is 12.1 Å². The van der Waals surface area contributed by atoms with Crippen LogP contribution in [0.25, 0.3) is 0 Å². The van der Waals surface area contributed by atoms with E-state index in [1.807, 2.05) is 33.8 Å². The van der Waals surface area contributed by atoms with Crippen LogP contribution in [0.1, 0.15) is 25.0 Å². The number of hydrogen-bond acceptors (Lipinski definition) is 4. The Bertz CT molecular complexity index is 446. The first kappa shape index (κ1) is 14.4. The molecule has 0 aliphatic carbocycles. The normalized spacial score (nSPS) is 14.1. The first-order valence-corrected chi connectivity index (χ1v) is 5.91. The summed E-state index contributed by atoms with van der Waals surface area (Å²) in [6.45, 7) is 7.67. The van der Waals surface area contributed by atoms with E-state index in [4.69, 9.17) is 4.74 Å². The van der Waals surface area contributed by atoms with Crippen molar-refractivity contribution in [3.63, 3.8) is 0 Å². The summed E-state index contributed by atoms with van der Waals surface area (Å²) in [5.74, 6) is 0. The Hall–Kier alpha value is -1.62. The van der Waals surface area contributed by atoms with Gasteiger partial charge in [0.15, 0.2) is 0 Å². The average molecular weight is 252 g/mol. The molecule has 0 amide bonds. The molecule has 0 saturated carbocycles. The first-order chi connectivity index (χ1) is 8.36. The van der Waals surface area contributed by atoms with Gasteiger partial charge < -0.3 is 10.1 Å². The molecule has 100 valence electrons. The van der Waals surface area contributed by atoms with E-state index in [9.17, 15) is 10.1 Å². The Labute approximate surface area is 107 Å². The summed E-state index contributed by atoms with van der Waals surface area (Å²) >= 11 is 0. The minimum absolute atomic E-state index is 0.00388. The number of rotatable bonds is 5. The predicted molar refractivity (Wildman–Crippen MR) is 72.1 cm³/mol. The van der Waals surface area contributed by atoms with Crippen LogP contribution in [0.2, 0.25) is 0 Å². The van der Waals surface area contributed by atoms with Gasteiger partial charge in [-0.1, -0.05) is 0 Å². The minimum Gasteiger partial charge on any atom is -0.380 e. The number of hydrogen-bond donors (Lipinski definition) is 1. The third-order valence-corrected chi connectivity index (χ3v) is 3.27. The van der Waals surface area contributed by atoms with Crippen LogP contribution in [-0.2, 0) is 4.74 Å². The lowest BCUT2D eigenvalue weighted by Crippen LogP contribution is -2.30. The fourth-order valence-electron chi connectivity index (χ4n) is 1.63. The Kier molecular flexibility index (Phi) is 4.67. The second-order valence-electron chi connectivity index (χ2n) is 4.58. The van der Waals surface area contributed by atoms with Crippen molar-refractivity contribution in [2.45, 2.75) is 39.8 Å². The van der Waals surface area contributed by atoms with Crippen molar-refractivity contribution in [2.75, 3.05) is 12.4 Å². The van der Waals surface area contributed by atoms with Gasteiger partial charge in [-0.15, -0.1) is 0 Å². The fraction of sp³-hybridized carbons (Fsp3) is 0.538. The van der Waals surface area contributed by atoms with Gasteiger partial charge >= 0.3 is 0 Å². The van der Waals surface area contributed by atoms with E-state index in [1.54, 1.807) is 13.2 Å². The molecule has 0 aromatic heterocycles. The SMILES string of the molecule is COC(C)C(C)Nc1cc(C)c(C)cc1[N+](=O)[O-]. The number of methoxy groups -OCH3 is 1. The molecular weight excluding hydrogens is 232 g/mol. The van der Waals surface area contributed by atoms with Gasteiger partial charge in [0.1, 0.15) is 5.69 Å². The van der Waals surface area contributed by atoms with Gasteiger partial charge in [0, 0.05) is 19.2 Å². The molecule has 5 nitrogen and oxygen atoms in total. The molecule has 1 N–H and O–H groups in total. The second kappa shape index (κ2) is 5.82. The van der Waals surface area contributed by atoms with E-state index in [0.29, 0.717) is 5.69 Å². The lowest BCUT2D eigenvalue weighted by molar-refractivity contribution is -0.384. The van der Waals surface area contributed by atoms with Crippen LogP contribution in [0.4, 0.5) is 11.4 Å². The molecule has 0 spiro atoms. The molecule has 1 aromatic carbocycles. The highest BCUT2D eigenvalue weighted by Gasteiger charge is 2.19. The van der Waals surface area contributed by atoms with E-state index >= 15 is 0 Å². The van der Waals surface area contributed by atoms with Crippen LogP contribution in [0, 0.1) is 24.0 Å². The van der Waals surface area contributed by atoms with Gasteiger partial charge in [-0.05, 0) is 44.9 Å². The van der Waals surface area contributed by atoms with Crippen LogP contribution in [0.3, 0.4) is 0 Å². The Balaban J connectivity index is 3.07. The zero-order valence-corrected chi connectivity index (χ0v) is 11.5. The number of anilines is 1. The third-order valence-electron chi connectivity index (χ3n) is 3.27. The third kappa shape index (κ3) is 3.20. The summed E-state index contributed by atoms with van der Waals surface area (Å²) in [7, 11) is 1.62. The first-order valence-electron chi connectivity index (χ1n) is 5.91. The minimum atomic E-state index is -0.362. The topological polar surface area (TPSA) is 64.4 Å². The van der Waals surface area contributed by atoms with Crippen LogP contribution >= 0.6 is 0 Å². The highest BCUT2D eigenvalue weighted by atomic mass is 16.6. The van der Waals surface area contributed by atoms with E-state index in [1.165, 1.54) is 0 Å². The number of aryl methyl sites for hydroxylation is 2. The van der Waals surface area contributed by atoms with Gasteiger partial charge in [0.25, 0.3) is 5.69 Å². The zero-order chi connectivity index (χ0) is 13.9. The van der Waals surface area contributed by atoms with Crippen LogP contribution < -0.4 is 5.32 Å². The molecule has 2 atom stereocenters. The molecule has 0 fully saturated rings. The van der Waals surface area contributed by atoms with Gasteiger partial charge in [0.05, 0.1) is 11.0 Å². The van der Waals surface area contributed by atoms with Crippen molar-refractivity contribution in [1.29, 1.82) is 0 Å². The lowest BCUT2D eigenvalue weighted by atomic mass is 10.1. The second-order valence-corrected chi connectivity index (χ2v) is 4.58. The number of ether oxygens (including phenoxy) is 1. The standard InChI is InChI=1S/C13H20N2O3/c1-8-6-12(14-10(3)11(4)18-5)13(15(16)17)7-9(8)2/h6-7,10-11,14H,1-5H3. The molecule has 1 aromatic rings. The number of nitro benzene ring substituents is 1. The molecular formula is C13H20N2O3. The number of nitrogens with one attached hydrogen (secondary N) is 1. The molecule has 0 bridgehead atoms. The van der Waals surface area contributed by atoms with E-state index in [0.717, 1.165) is 11.1 Å². The lowest BCUT2D eigenvalue weighted by Gasteiger charge is -2.21. The maximum atomic E-state index is 11.0. The molecule has 0 aliphatic rings. The number of benzene rings is 1. The molecule has 0 heterocycles. The van der Waals surface area contributed by atoms with Gasteiger partial charge in [-0.25, -0.2) is 0 Å². The molecule has 1 rings (SSSR count). The van der Waals surface area contributed by atoms with Gasteiger partial charge in [-0.2, -0.15) is 0 Å². The fourth-order valence-corrected chi connectivity index (χ4v) is 1.63. The van der Waals surface area contributed by atoms with Crippen LogP contribution in [0.5, 0.6) is 0 Å². The Morgan fingerprint density at radius 3 is 2.33 bits per heavy atom. The molecule has 0 saturated heterocycles. The molecule has 2 unspecified atom stereocenters. The summed E-state index contributed by atoms with van der Waals surface area (Å²) in [6, 6.07) is 3.41. The summed E-state index contributed by atoms with van der Waals surface area (Å²) in [6.07, 6.45) is -0.0220. The highest BCUT2D eigenvalue weighted by molar-refractivity contribution is 5.64. The van der Waals surface area contributed by atoms with Gasteiger partial charge in [-0.3, -0.25) is 10.1 Å². The summed E-state index contributed by atoms with van der Waals surface area (Å²) in [5, 5.41) is 14.2. The maximum absolute atomic E-state index is 11.0. The Morgan fingerprint density at radius 2 is 1.83 bits per heavy atom. The Morgan fingerprint density at radius 1 is 1.28 bits per heavy atom. The van der Waals surface area contributed by atoms with E-state index < -0.39 is 0 Å². The summed E-state index contributed by atoms with van der Waals surface area (Å²) in [5.41, 5.74) is 2.59. The van der Waals surface area contributed by atoms with Crippen molar-refractivity contribution in [3.8, 4) is 0 Å². The quantitative estimate of drug-likeness (QED) is 0.646. The molecule has 0 aliphatic heterocycles. The van der Waals surface area contributed by atoms with Crippen molar-refractivity contribution in [1.82, 2.24) is 0 Å². The van der Waals surface area contributed by atoms with Crippen molar-refractivity contribution < 1.29 is 9.66 Å². The number of nitro groups is 1. The van der Waals surface area contributed by atoms with Crippen LogP contribution in [-0.4, -0.2) is 24.2 Å².